The number of hydrogen-bond donors (Lipinski definition) is 0. The largest absolute Gasteiger partial charge is 0.334 e. The molecule has 28 heavy (non-hydrogen) atoms. The van der Waals surface area contributed by atoms with E-state index in [1.54, 1.807) is 33.8 Å². The van der Waals surface area contributed by atoms with E-state index in [2.05, 4.69) is 21.0 Å². The van der Waals surface area contributed by atoms with Crippen molar-refractivity contribution in [2.24, 2.45) is 7.05 Å². The fourth-order valence-electron chi connectivity index (χ4n) is 3.23. The number of hydrogen-bond acceptors (Lipinski definition) is 4. The number of halogens is 3. The van der Waals surface area contributed by atoms with E-state index in [1.165, 1.54) is 11.3 Å². The van der Waals surface area contributed by atoms with Crippen LogP contribution >= 0.6 is 50.5 Å². The Kier molecular flexibility index (Phi) is 5.39. The highest BCUT2D eigenvalue weighted by Crippen LogP contribution is 2.37. The second-order valence-electron chi connectivity index (χ2n) is 6.43. The number of carbonyl (C=O) groups excluding carboxylic acids is 2. The minimum absolute atomic E-state index is 0.103. The predicted octanol–water partition coefficient (Wildman–Crippen LogP) is 4.30. The lowest BCUT2D eigenvalue weighted by Crippen LogP contribution is -2.50. The van der Waals surface area contributed by atoms with E-state index < -0.39 is 0 Å². The summed E-state index contributed by atoms with van der Waals surface area (Å²) < 4.78 is 3.09. The molecule has 2 aromatic heterocycles. The van der Waals surface area contributed by atoms with Crippen LogP contribution in [0.25, 0.3) is 10.1 Å². The zero-order valence-electron chi connectivity index (χ0n) is 14.8. The van der Waals surface area contributed by atoms with Crippen LogP contribution in [-0.4, -0.2) is 57.6 Å². The molecule has 0 bridgehead atoms. The number of nitrogens with zero attached hydrogens (tertiary/aromatic N) is 4. The molecule has 0 saturated carbocycles. The fraction of sp³-hybridized carbons (Fsp3) is 0.278. The molecular weight excluding hydrogens is 487 g/mol. The molecule has 10 heteroatoms. The summed E-state index contributed by atoms with van der Waals surface area (Å²) >= 11 is 17.2. The number of rotatable bonds is 2. The van der Waals surface area contributed by atoms with Gasteiger partial charge in [-0.1, -0.05) is 29.3 Å². The van der Waals surface area contributed by atoms with E-state index in [0.29, 0.717) is 51.3 Å². The van der Waals surface area contributed by atoms with Crippen LogP contribution in [0.2, 0.25) is 10.0 Å². The molecule has 0 unspecified atom stereocenters. The molecule has 0 spiro atoms. The summed E-state index contributed by atoms with van der Waals surface area (Å²) in [6.45, 7) is 1.81. The van der Waals surface area contributed by atoms with Gasteiger partial charge in [0.05, 0.1) is 15.7 Å². The molecule has 1 fully saturated rings. The van der Waals surface area contributed by atoms with E-state index >= 15 is 0 Å². The van der Waals surface area contributed by atoms with E-state index in [4.69, 9.17) is 23.2 Å². The minimum Gasteiger partial charge on any atom is -0.334 e. The molecule has 0 N–H and O–H groups in total. The first-order chi connectivity index (χ1) is 13.4. The summed E-state index contributed by atoms with van der Waals surface area (Å²) in [6.07, 6.45) is 1.60. The zero-order chi connectivity index (χ0) is 20.0. The Morgan fingerprint density at radius 2 is 1.75 bits per heavy atom. The van der Waals surface area contributed by atoms with Gasteiger partial charge in [-0.05, 0) is 28.1 Å². The van der Waals surface area contributed by atoms with Gasteiger partial charge in [0.1, 0.15) is 10.6 Å². The summed E-state index contributed by atoms with van der Waals surface area (Å²) in [5.74, 6) is -0.218. The third kappa shape index (κ3) is 3.43. The van der Waals surface area contributed by atoms with Crippen molar-refractivity contribution >= 4 is 72.4 Å². The summed E-state index contributed by atoms with van der Waals surface area (Å²) in [5.41, 5.74) is 0.504. The lowest BCUT2D eigenvalue weighted by Gasteiger charge is -2.34. The van der Waals surface area contributed by atoms with E-state index in [-0.39, 0.29) is 11.8 Å². The average molecular weight is 502 g/mol. The van der Waals surface area contributed by atoms with Crippen molar-refractivity contribution in [1.29, 1.82) is 0 Å². The van der Waals surface area contributed by atoms with E-state index in [1.807, 2.05) is 12.1 Å². The van der Waals surface area contributed by atoms with Crippen molar-refractivity contribution < 1.29 is 9.59 Å². The molecule has 3 heterocycles. The number of fused-ring (bicyclic) bond motifs is 1. The summed E-state index contributed by atoms with van der Waals surface area (Å²) in [7, 11) is 1.73. The molecule has 3 aromatic rings. The number of amides is 2. The van der Waals surface area contributed by atoms with Gasteiger partial charge in [-0.25, -0.2) is 0 Å². The zero-order valence-corrected chi connectivity index (χ0v) is 18.7. The van der Waals surface area contributed by atoms with Gasteiger partial charge in [0.15, 0.2) is 0 Å². The molecule has 1 aliphatic rings. The highest BCUT2D eigenvalue weighted by Gasteiger charge is 2.29. The monoisotopic (exact) mass is 500 g/mol. The Balaban J connectivity index is 1.49. The first kappa shape index (κ1) is 19.7. The van der Waals surface area contributed by atoms with Crippen LogP contribution in [0.3, 0.4) is 0 Å². The van der Waals surface area contributed by atoms with Crippen molar-refractivity contribution in [1.82, 2.24) is 19.6 Å². The smallest absolute Gasteiger partial charge is 0.273 e. The van der Waals surface area contributed by atoms with Gasteiger partial charge in [-0.3, -0.25) is 14.3 Å². The number of benzene rings is 1. The Morgan fingerprint density at radius 1 is 1.11 bits per heavy atom. The van der Waals surface area contributed by atoms with Crippen LogP contribution in [0.5, 0.6) is 0 Å². The highest BCUT2D eigenvalue weighted by molar-refractivity contribution is 9.10. The van der Waals surface area contributed by atoms with Crippen molar-refractivity contribution in [2.45, 2.75) is 0 Å². The summed E-state index contributed by atoms with van der Waals surface area (Å²) in [6, 6.07) is 5.40. The number of thiophene rings is 1. The van der Waals surface area contributed by atoms with Gasteiger partial charge < -0.3 is 9.80 Å². The second kappa shape index (κ2) is 7.67. The summed E-state index contributed by atoms with van der Waals surface area (Å²) in [5, 5.41) is 5.98. The Morgan fingerprint density at radius 3 is 2.36 bits per heavy atom. The SMILES string of the molecule is Cn1ncc(Br)c1C(=O)N1CCN(C(=O)c2sc3cc(Cl)ccc3c2Cl)CC1. The van der Waals surface area contributed by atoms with Crippen LogP contribution < -0.4 is 0 Å². The number of carbonyl (C=O) groups is 2. The highest BCUT2D eigenvalue weighted by atomic mass is 79.9. The van der Waals surface area contributed by atoms with Crippen LogP contribution in [-0.2, 0) is 7.05 Å². The Labute approximate surface area is 183 Å². The molecule has 4 rings (SSSR count). The normalized spacial score (nSPS) is 14.7. The molecule has 2 amide bonds. The molecular formula is C18H15BrCl2N4O2S. The molecule has 1 saturated heterocycles. The minimum atomic E-state index is -0.115. The topological polar surface area (TPSA) is 58.4 Å². The van der Waals surface area contributed by atoms with Crippen molar-refractivity contribution in [3.05, 3.63) is 49.5 Å². The van der Waals surface area contributed by atoms with Crippen molar-refractivity contribution in [2.75, 3.05) is 26.2 Å². The average Bonchev–Trinajstić information content (AvgIpc) is 3.19. The Bertz CT molecular complexity index is 1070. The maximum Gasteiger partial charge on any atom is 0.273 e. The van der Waals surface area contributed by atoms with E-state index in [9.17, 15) is 9.59 Å². The quantitative estimate of drug-likeness (QED) is 0.526. The third-order valence-electron chi connectivity index (χ3n) is 4.74. The van der Waals surface area contributed by atoms with E-state index in [0.717, 1.165) is 10.1 Å². The molecule has 1 aromatic carbocycles. The maximum absolute atomic E-state index is 13.0. The van der Waals surface area contributed by atoms with Gasteiger partial charge in [-0.2, -0.15) is 5.10 Å². The Hall–Kier alpha value is -1.61. The van der Waals surface area contributed by atoms with Crippen LogP contribution in [0.1, 0.15) is 20.2 Å². The van der Waals surface area contributed by atoms with Gasteiger partial charge in [-0.15, -0.1) is 11.3 Å². The lowest BCUT2D eigenvalue weighted by atomic mass is 10.2. The fourth-order valence-corrected chi connectivity index (χ4v) is 5.51. The molecule has 0 aliphatic carbocycles. The van der Waals surface area contributed by atoms with Gasteiger partial charge in [0.2, 0.25) is 0 Å². The van der Waals surface area contributed by atoms with Crippen LogP contribution in [0, 0.1) is 0 Å². The van der Waals surface area contributed by atoms with Crippen LogP contribution in [0.4, 0.5) is 0 Å². The predicted molar refractivity (Wildman–Crippen MR) is 115 cm³/mol. The molecule has 6 nitrogen and oxygen atoms in total. The number of piperazine rings is 1. The van der Waals surface area contributed by atoms with Crippen molar-refractivity contribution in [3.63, 3.8) is 0 Å². The third-order valence-corrected chi connectivity index (χ3v) is 7.20. The molecule has 1 aliphatic heterocycles. The molecule has 146 valence electrons. The molecule has 0 atom stereocenters. The van der Waals surface area contributed by atoms with Gasteiger partial charge in [0, 0.05) is 48.3 Å². The van der Waals surface area contributed by atoms with Gasteiger partial charge in [0.25, 0.3) is 11.8 Å². The number of aryl methyl sites for hydroxylation is 1. The number of aromatic nitrogens is 2. The molecule has 0 radical (unpaired) electrons. The first-order valence-electron chi connectivity index (χ1n) is 8.50. The van der Waals surface area contributed by atoms with Gasteiger partial charge >= 0.3 is 0 Å². The maximum atomic E-state index is 13.0. The van der Waals surface area contributed by atoms with Crippen molar-refractivity contribution in [3.8, 4) is 0 Å². The summed E-state index contributed by atoms with van der Waals surface area (Å²) in [4.78, 5) is 29.7. The standard InChI is InChI=1S/C18H15BrCl2N4O2S/c1-23-15(12(19)9-22-23)17(26)24-4-6-25(7-5-24)18(27)16-14(21)11-3-2-10(20)8-13(11)28-16/h2-3,8-9H,4-7H2,1H3. The second-order valence-corrected chi connectivity index (χ2v) is 9.16. The first-order valence-corrected chi connectivity index (χ1v) is 10.9. The lowest BCUT2D eigenvalue weighted by molar-refractivity contribution is 0.0531. The van der Waals surface area contributed by atoms with Crippen LogP contribution in [0.15, 0.2) is 28.9 Å².